The number of nitrogens with zero attached hydrogens (tertiary/aromatic N) is 1. The molecule has 0 aromatic rings. The van der Waals surface area contributed by atoms with E-state index in [1.807, 2.05) is 0 Å². The number of likely N-dealkylation sites (N-methyl/N-ethyl adjacent to an activating group) is 1. The predicted molar refractivity (Wildman–Crippen MR) is 32.9 cm³/mol. The molecule has 1 heterocycles. The summed E-state index contributed by atoms with van der Waals surface area (Å²) >= 11 is 0. The fraction of sp³-hybridized carbons (Fsp3) is 1.00. The van der Waals surface area contributed by atoms with E-state index in [2.05, 4.69) is 18.9 Å². The van der Waals surface area contributed by atoms with Crippen molar-refractivity contribution in [3.63, 3.8) is 0 Å². The van der Waals surface area contributed by atoms with Crippen molar-refractivity contribution < 1.29 is 4.74 Å². The van der Waals surface area contributed by atoms with Crippen molar-refractivity contribution in [3.05, 3.63) is 0 Å². The maximum Gasteiger partial charge on any atom is 0.0674 e. The summed E-state index contributed by atoms with van der Waals surface area (Å²) in [5, 5.41) is 0. The Labute approximate surface area is 50.4 Å². The zero-order valence-corrected chi connectivity index (χ0v) is 5.55. The molecule has 2 nitrogen and oxygen atoms in total. The molecule has 0 N–H and O–H groups in total. The van der Waals surface area contributed by atoms with Gasteiger partial charge in [0.05, 0.1) is 12.7 Å². The maximum absolute atomic E-state index is 5.31. The summed E-state index contributed by atoms with van der Waals surface area (Å²) in [5.41, 5.74) is 0. The first-order valence-corrected chi connectivity index (χ1v) is 3.09. The van der Waals surface area contributed by atoms with Crippen LogP contribution in [0, 0.1) is 0 Å². The summed E-state index contributed by atoms with van der Waals surface area (Å²) in [4.78, 5) is 2.29. The van der Waals surface area contributed by atoms with Crippen LogP contribution in [0.5, 0.6) is 0 Å². The SMILES string of the molecule is C[C@@H]1CN(C)CCO1. The molecule has 1 aliphatic rings. The lowest BCUT2D eigenvalue weighted by molar-refractivity contribution is -0.00861. The molecule has 0 radical (unpaired) electrons. The van der Waals surface area contributed by atoms with Gasteiger partial charge in [0.15, 0.2) is 0 Å². The van der Waals surface area contributed by atoms with E-state index in [4.69, 9.17) is 4.74 Å². The Hall–Kier alpha value is -0.0800. The third-order valence-corrected chi connectivity index (χ3v) is 1.44. The van der Waals surface area contributed by atoms with Crippen LogP contribution < -0.4 is 0 Å². The van der Waals surface area contributed by atoms with Gasteiger partial charge in [-0.25, -0.2) is 0 Å². The summed E-state index contributed by atoms with van der Waals surface area (Å²) < 4.78 is 5.31. The van der Waals surface area contributed by atoms with Crippen LogP contribution in [0.15, 0.2) is 0 Å². The number of morpholine rings is 1. The first-order chi connectivity index (χ1) is 3.79. The van der Waals surface area contributed by atoms with E-state index in [0.717, 1.165) is 19.7 Å². The Morgan fingerprint density at radius 2 is 2.38 bits per heavy atom. The Balaban J connectivity index is 2.23. The van der Waals surface area contributed by atoms with E-state index in [1.165, 1.54) is 0 Å². The van der Waals surface area contributed by atoms with Gasteiger partial charge in [-0.15, -0.1) is 0 Å². The monoisotopic (exact) mass is 115 g/mol. The van der Waals surface area contributed by atoms with Crippen molar-refractivity contribution in [1.82, 2.24) is 4.90 Å². The molecule has 1 fully saturated rings. The van der Waals surface area contributed by atoms with Crippen LogP contribution in [-0.2, 0) is 4.74 Å². The van der Waals surface area contributed by atoms with E-state index < -0.39 is 0 Å². The molecule has 1 aliphatic heterocycles. The molecule has 2 heteroatoms. The van der Waals surface area contributed by atoms with Crippen LogP contribution in [-0.4, -0.2) is 37.7 Å². The standard InChI is InChI=1S/C6H13NO/c1-6-5-7(2)3-4-8-6/h6H,3-5H2,1-2H3/t6-/m1/s1. The highest BCUT2D eigenvalue weighted by Crippen LogP contribution is 1.99. The molecule has 0 aliphatic carbocycles. The molecule has 1 saturated heterocycles. The predicted octanol–water partition coefficient (Wildman–Crippen LogP) is 0.337. The van der Waals surface area contributed by atoms with Crippen molar-refractivity contribution in [1.29, 1.82) is 0 Å². The van der Waals surface area contributed by atoms with E-state index in [9.17, 15) is 0 Å². The van der Waals surface area contributed by atoms with Crippen molar-refractivity contribution in [2.75, 3.05) is 26.7 Å². The maximum atomic E-state index is 5.31. The van der Waals surface area contributed by atoms with Crippen LogP contribution in [0.1, 0.15) is 6.92 Å². The van der Waals surface area contributed by atoms with Crippen molar-refractivity contribution >= 4 is 0 Å². The van der Waals surface area contributed by atoms with E-state index in [1.54, 1.807) is 0 Å². The summed E-state index contributed by atoms with van der Waals surface area (Å²) in [6.45, 7) is 5.18. The number of hydrogen-bond donors (Lipinski definition) is 0. The topological polar surface area (TPSA) is 12.5 Å². The quantitative estimate of drug-likeness (QED) is 0.451. The van der Waals surface area contributed by atoms with Gasteiger partial charge in [0.25, 0.3) is 0 Å². The van der Waals surface area contributed by atoms with Crippen molar-refractivity contribution in [2.24, 2.45) is 0 Å². The molecule has 0 amide bonds. The first kappa shape index (κ1) is 6.05. The molecule has 8 heavy (non-hydrogen) atoms. The van der Waals surface area contributed by atoms with Gasteiger partial charge in [-0.3, -0.25) is 0 Å². The van der Waals surface area contributed by atoms with Crippen LogP contribution in [0.3, 0.4) is 0 Å². The van der Waals surface area contributed by atoms with Crippen LogP contribution in [0.4, 0.5) is 0 Å². The third-order valence-electron chi connectivity index (χ3n) is 1.44. The van der Waals surface area contributed by atoms with Gasteiger partial charge in [0.2, 0.25) is 0 Å². The molecular formula is C6H13NO. The highest BCUT2D eigenvalue weighted by atomic mass is 16.5. The van der Waals surface area contributed by atoms with E-state index in [-0.39, 0.29) is 0 Å². The fourth-order valence-electron chi connectivity index (χ4n) is 0.993. The molecule has 1 atom stereocenters. The van der Waals surface area contributed by atoms with Crippen LogP contribution in [0.25, 0.3) is 0 Å². The largest absolute Gasteiger partial charge is 0.376 e. The molecule has 0 spiro atoms. The van der Waals surface area contributed by atoms with Gasteiger partial charge in [0, 0.05) is 13.1 Å². The summed E-state index contributed by atoms with van der Waals surface area (Å²) in [7, 11) is 2.12. The number of rotatable bonds is 0. The second kappa shape index (κ2) is 2.46. The summed E-state index contributed by atoms with van der Waals surface area (Å²) in [6.07, 6.45) is 0.439. The second-order valence-electron chi connectivity index (χ2n) is 2.44. The first-order valence-electron chi connectivity index (χ1n) is 3.09. The van der Waals surface area contributed by atoms with Gasteiger partial charge in [-0.2, -0.15) is 0 Å². The Kier molecular flexibility index (Phi) is 1.86. The molecule has 0 aromatic heterocycles. The van der Waals surface area contributed by atoms with Gasteiger partial charge in [-0.1, -0.05) is 0 Å². The zero-order valence-electron chi connectivity index (χ0n) is 5.55. The Morgan fingerprint density at radius 1 is 1.62 bits per heavy atom. The van der Waals surface area contributed by atoms with E-state index >= 15 is 0 Å². The van der Waals surface area contributed by atoms with Gasteiger partial charge < -0.3 is 9.64 Å². The minimum Gasteiger partial charge on any atom is -0.376 e. The van der Waals surface area contributed by atoms with Crippen LogP contribution >= 0.6 is 0 Å². The average Bonchev–Trinajstić information content (AvgIpc) is 1.64. The highest BCUT2D eigenvalue weighted by Gasteiger charge is 2.11. The lowest BCUT2D eigenvalue weighted by atomic mass is 10.3. The molecule has 0 unspecified atom stereocenters. The molecule has 0 bridgehead atoms. The molecule has 48 valence electrons. The lowest BCUT2D eigenvalue weighted by Crippen LogP contribution is -2.38. The number of ether oxygens (including phenoxy) is 1. The lowest BCUT2D eigenvalue weighted by Gasteiger charge is -2.27. The highest BCUT2D eigenvalue weighted by molar-refractivity contribution is 4.62. The average molecular weight is 115 g/mol. The zero-order chi connectivity index (χ0) is 5.98. The molecule has 0 aromatic carbocycles. The summed E-state index contributed by atoms with van der Waals surface area (Å²) in [5.74, 6) is 0. The second-order valence-corrected chi connectivity index (χ2v) is 2.44. The van der Waals surface area contributed by atoms with Crippen LogP contribution in [0.2, 0.25) is 0 Å². The van der Waals surface area contributed by atoms with Crippen molar-refractivity contribution in [2.45, 2.75) is 13.0 Å². The minimum atomic E-state index is 0.439. The minimum absolute atomic E-state index is 0.439. The summed E-state index contributed by atoms with van der Waals surface area (Å²) in [6, 6.07) is 0. The fourth-order valence-corrected chi connectivity index (χ4v) is 0.993. The molecular weight excluding hydrogens is 102 g/mol. The molecule has 0 saturated carbocycles. The number of hydrogen-bond acceptors (Lipinski definition) is 2. The van der Waals surface area contributed by atoms with Gasteiger partial charge >= 0.3 is 0 Å². The normalized spacial score (nSPS) is 33.0. The van der Waals surface area contributed by atoms with Gasteiger partial charge in [-0.05, 0) is 14.0 Å². The smallest absolute Gasteiger partial charge is 0.0674 e. The van der Waals surface area contributed by atoms with E-state index in [0.29, 0.717) is 6.10 Å². The Bertz CT molecular complexity index is 66.9. The van der Waals surface area contributed by atoms with Crippen molar-refractivity contribution in [3.8, 4) is 0 Å². The van der Waals surface area contributed by atoms with Gasteiger partial charge in [0.1, 0.15) is 0 Å². The Morgan fingerprint density at radius 3 is 2.75 bits per heavy atom. The molecule has 1 rings (SSSR count). The third kappa shape index (κ3) is 1.46.